The second-order valence-corrected chi connectivity index (χ2v) is 7.96. The number of rotatable bonds is 10. The minimum Gasteiger partial charge on any atom is -0.388 e. The summed E-state index contributed by atoms with van der Waals surface area (Å²) in [7, 11) is 0. The molecule has 0 aromatic heterocycles. The van der Waals surface area contributed by atoms with Gasteiger partial charge in [-0.15, -0.1) is 0 Å². The van der Waals surface area contributed by atoms with Gasteiger partial charge in [-0.2, -0.15) is 0 Å². The molecule has 4 atom stereocenters. The average Bonchev–Trinajstić information content (AvgIpc) is 2.85. The summed E-state index contributed by atoms with van der Waals surface area (Å²) in [5, 5.41) is 10.7. The Morgan fingerprint density at radius 2 is 1.12 bits per heavy atom. The molecule has 32 heavy (non-hydrogen) atoms. The summed E-state index contributed by atoms with van der Waals surface area (Å²) in [6.45, 7) is 1.83. The van der Waals surface area contributed by atoms with Crippen molar-refractivity contribution in [1.29, 1.82) is 0 Å². The monoisotopic (exact) mass is 434 g/mol. The Hall–Kier alpha value is -2.54. The zero-order valence-electron chi connectivity index (χ0n) is 18.1. The van der Waals surface area contributed by atoms with Gasteiger partial charge in [-0.25, -0.2) is 0 Å². The van der Waals surface area contributed by atoms with E-state index in [4.69, 9.17) is 18.9 Å². The lowest BCUT2D eigenvalue weighted by Crippen LogP contribution is -2.56. The van der Waals surface area contributed by atoms with Crippen molar-refractivity contribution in [1.82, 2.24) is 0 Å². The molecule has 0 aliphatic carbocycles. The van der Waals surface area contributed by atoms with E-state index in [-0.39, 0.29) is 12.7 Å². The highest BCUT2D eigenvalue weighted by Crippen LogP contribution is 2.24. The summed E-state index contributed by atoms with van der Waals surface area (Å²) in [6, 6.07) is 29.9. The van der Waals surface area contributed by atoms with E-state index >= 15 is 0 Å². The Balaban J connectivity index is 1.42. The van der Waals surface area contributed by atoms with Crippen LogP contribution >= 0.6 is 0 Å². The first-order chi connectivity index (χ1) is 15.8. The lowest BCUT2D eigenvalue weighted by atomic mass is 9.99. The van der Waals surface area contributed by atoms with Crippen LogP contribution in [-0.4, -0.2) is 42.7 Å². The predicted octanol–water partition coefficient (Wildman–Crippen LogP) is 4.13. The highest BCUT2D eigenvalue weighted by Gasteiger charge is 2.41. The number of aliphatic hydroxyl groups excluding tert-OH is 1. The molecule has 1 aliphatic rings. The van der Waals surface area contributed by atoms with Crippen LogP contribution in [0.1, 0.15) is 16.7 Å². The first-order valence-corrected chi connectivity index (χ1v) is 11.0. The molecule has 0 unspecified atom stereocenters. The van der Waals surface area contributed by atoms with Gasteiger partial charge in [-0.05, 0) is 16.7 Å². The van der Waals surface area contributed by atoms with Crippen LogP contribution in [0.15, 0.2) is 91.0 Å². The smallest absolute Gasteiger partial charge is 0.115 e. The topological polar surface area (TPSA) is 57.2 Å². The van der Waals surface area contributed by atoms with Crippen LogP contribution < -0.4 is 0 Å². The zero-order chi connectivity index (χ0) is 22.0. The van der Waals surface area contributed by atoms with Crippen LogP contribution in [0.4, 0.5) is 0 Å². The van der Waals surface area contributed by atoms with Crippen molar-refractivity contribution in [2.75, 3.05) is 13.2 Å². The SMILES string of the molecule is O[C@H]1CO[C@H](COCc2ccccc2)[C@H](OCc2ccccc2)[C@@H]1OCc1ccccc1. The van der Waals surface area contributed by atoms with Crippen LogP contribution in [0.2, 0.25) is 0 Å². The number of hydrogen-bond acceptors (Lipinski definition) is 5. The molecule has 1 heterocycles. The van der Waals surface area contributed by atoms with Gasteiger partial charge in [-0.3, -0.25) is 0 Å². The quantitative estimate of drug-likeness (QED) is 0.520. The molecule has 5 nitrogen and oxygen atoms in total. The van der Waals surface area contributed by atoms with Crippen LogP contribution in [0.3, 0.4) is 0 Å². The maximum atomic E-state index is 10.7. The van der Waals surface area contributed by atoms with Gasteiger partial charge in [-0.1, -0.05) is 91.0 Å². The first-order valence-electron chi connectivity index (χ1n) is 11.0. The number of hydrogen-bond donors (Lipinski definition) is 1. The van der Waals surface area contributed by atoms with Gasteiger partial charge in [0.05, 0.1) is 33.0 Å². The molecule has 4 rings (SSSR count). The van der Waals surface area contributed by atoms with Crippen LogP contribution in [0.5, 0.6) is 0 Å². The van der Waals surface area contributed by atoms with Crippen LogP contribution in [-0.2, 0) is 38.8 Å². The van der Waals surface area contributed by atoms with E-state index < -0.39 is 18.3 Å². The summed E-state index contributed by atoms with van der Waals surface area (Å²) in [5.41, 5.74) is 3.20. The largest absolute Gasteiger partial charge is 0.388 e. The van der Waals surface area contributed by atoms with Gasteiger partial charge in [0.1, 0.15) is 24.4 Å². The average molecular weight is 435 g/mol. The van der Waals surface area contributed by atoms with E-state index in [1.807, 2.05) is 91.0 Å². The minimum atomic E-state index is -0.773. The number of ether oxygens (including phenoxy) is 4. The highest BCUT2D eigenvalue weighted by atomic mass is 16.6. The molecule has 0 amide bonds. The minimum absolute atomic E-state index is 0.185. The van der Waals surface area contributed by atoms with Crippen molar-refractivity contribution in [2.24, 2.45) is 0 Å². The fourth-order valence-corrected chi connectivity index (χ4v) is 3.79. The third-order valence-corrected chi connectivity index (χ3v) is 5.51. The summed E-state index contributed by atoms with van der Waals surface area (Å²) < 4.78 is 24.3. The maximum absolute atomic E-state index is 10.7. The summed E-state index contributed by atoms with van der Waals surface area (Å²) in [4.78, 5) is 0. The molecule has 1 aliphatic heterocycles. The number of aliphatic hydroxyl groups is 1. The molecule has 0 saturated carbocycles. The Morgan fingerprint density at radius 1 is 0.656 bits per heavy atom. The van der Waals surface area contributed by atoms with Crippen LogP contribution in [0.25, 0.3) is 0 Å². The van der Waals surface area contributed by atoms with Crippen molar-refractivity contribution < 1.29 is 24.1 Å². The molecular weight excluding hydrogens is 404 g/mol. The summed E-state index contributed by atoms with van der Waals surface area (Å²) in [5.74, 6) is 0. The van der Waals surface area contributed by atoms with E-state index in [9.17, 15) is 5.11 Å². The molecule has 0 radical (unpaired) electrons. The molecule has 5 heteroatoms. The van der Waals surface area contributed by atoms with Crippen molar-refractivity contribution in [3.63, 3.8) is 0 Å². The molecule has 1 saturated heterocycles. The third-order valence-electron chi connectivity index (χ3n) is 5.51. The van der Waals surface area contributed by atoms with E-state index in [1.165, 1.54) is 0 Å². The highest BCUT2D eigenvalue weighted by molar-refractivity contribution is 5.15. The molecule has 168 valence electrons. The molecule has 0 spiro atoms. The summed E-state index contributed by atoms with van der Waals surface area (Å²) >= 11 is 0. The number of benzene rings is 3. The molecule has 3 aromatic rings. The van der Waals surface area contributed by atoms with Crippen molar-refractivity contribution in [3.05, 3.63) is 108 Å². The first kappa shape index (κ1) is 22.6. The maximum Gasteiger partial charge on any atom is 0.115 e. The Bertz CT molecular complexity index is 903. The normalized spacial score (nSPS) is 23.2. The molecule has 1 fully saturated rings. The Morgan fingerprint density at radius 3 is 1.66 bits per heavy atom. The van der Waals surface area contributed by atoms with Gasteiger partial charge >= 0.3 is 0 Å². The predicted molar refractivity (Wildman–Crippen MR) is 122 cm³/mol. The molecule has 0 bridgehead atoms. The second kappa shape index (κ2) is 11.9. The fraction of sp³-hybridized carbons (Fsp3) is 0.333. The van der Waals surface area contributed by atoms with Gasteiger partial charge in [0, 0.05) is 0 Å². The van der Waals surface area contributed by atoms with Crippen molar-refractivity contribution in [3.8, 4) is 0 Å². The van der Waals surface area contributed by atoms with E-state index in [0.29, 0.717) is 26.4 Å². The zero-order valence-corrected chi connectivity index (χ0v) is 18.1. The van der Waals surface area contributed by atoms with Gasteiger partial charge in [0.2, 0.25) is 0 Å². The van der Waals surface area contributed by atoms with Gasteiger partial charge in [0.15, 0.2) is 0 Å². The Kier molecular flexibility index (Phi) is 8.42. The summed E-state index contributed by atoms with van der Waals surface area (Å²) in [6.07, 6.45) is -2.09. The fourth-order valence-electron chi connectivity index (χ4n) is 3.79. The molecular formula is C27H30O5. The van der Waals surface area contributed by atoms with E-state index in [0.717, 1.165) is 16.7 Å². The Labute approximate surface area is 189 Å². The standard InChI is InChI=1S/C27H30O5/c28-24-19-30-25(20-29-16-21-10-4-1-5-11-21)27(32-18-23-14-8-3-9-15-23)26(24)31-17-22-12-6-2-7-13-22/h1-15,24-28H,16-20H2/t24-,25+,26+,27-/m0/s1. The van der Waals surface area contributed by atoms with Gasteiger partial charge in [0.25, 0.3) is 0 Å². The molecule has 3 aromatic carbocycles. The second-order valence-electron chi connectivity index (χ2n) is 7.96. The third kappa shape index (κ3) is 6.48. The van der Waals surface area contributed by atoms with Crippen LogP contribution in [0, 0.1) is 0 Å². The van der Waals surface area contributed by atoms with E-state index in [2.05, 4.69) is 0 Å². The van der Waals surface area contributed by atoms with Crippen molar-refractivity contribution >= 4 is 0 Å². The molecule has 1 N–H and O–H groups in total. The van der Waals surface area contributed by atoms with E-state index in [1.54, 1.807) is 0 Å². The van der Waals surface area contributed by atoms with Gasteiger partial charge < -0.3 is 24.1 Å². The lowest BCUT2D eigenvalue weighted by molar-refractivity contribution is -0.234. The van der Waals surface area contributed by atoms with Crippen molar-refractivity contribution in [2.45, 2.75) is 44.2 Å². The lowest BCUT2D eigenvalue weighted by Gasteiger charge is -2.40.